The normalized spacial score (nSPS) is 29.6. The summed E-state index contributed by atoms with van der Waals surface area (Å²) in [5.74, 6) is -0.292. The van der Waals surface area contributed by atoms with Crippen LogP contribution in [0.15, 0.2) is 0 Å². The highest BCUT2D eigenvalue weighted by Crippen LogP contribution is 2.03. The Kier molecular flexibility index (Phi) is 1.75. The molecule has 0 amide bonds. The summed E-state index contributed by atoms with van der Waals surface area (Å²) in [6.45, 7) is 0.442. The Bertz CT molecular complexity index is 103. The van der Waals surface area contributed by atoms with Crippen LogP contribution >= 0.6 is 12.6 Å². The first-order valence-electron chi connectivity index (χ1n) is 2.23. The number of hydrogen-bond acceptors (Lipinski definition) is 4. The predicted octanol–water partition coefficient (Wildman–Crippen LogP) is -0.184. The minimum Gasteiger partial charge on any atom is -0.438 e. The number of carbonyl (C=O) groups excluding carboxylic acids is 1. The Balaban J connectivity index is 2.39. The maximum absolute atomic E-state index is 10.4. The second-order valence-corrected chi connectivity index (χ2v) is 2.09. The number of cyclic esters (lactones) is 1. The van der Waals surface area contributed by atoms with E-state index in [-0.39, 0.29) is 18.0 Å². The van der Waals surface area contributed by atoms with Crippen molar-refractivity contribution in [3.8, 4) is 0 Å². The highest BCUT2D eigenvalue weighted by molar-refractivity contribution is 7.81. The molecule has 0 saturated carbocycles. The van der Waals surface area contributed by atoms with Gasteiger partial charge in [-0.3, -0.25) is 4.79 Å². The van der Waals surface area contributed by atoms with Crippen LogP contribution in [-0.2, 0) is 14.3 Å². The van der Waals surface area contributed by atoms with Gasteiger partial charge >= 0.3 is 5.97 Å². The smallest absolute Gasteiger partial charge is 0.323 e. The molecule has 0 N–H and O–H groups in total. The molecule has 3 nitrogen and oxygen atoms in total. The largest absolute Gasteiger partial charge is 0.438 e. The Labute approximate surface area is 52.4 Å². The molecule has 1 unspecified atom stereocenters. The van der Waals surface area contributed by atoms with Gasteiger partial charge in [0.25, 0.3) is 0 Å². The van der Waals surface area contributed by atoms with Crippen molar-refractivity contribution in [2.24, 2.45) is 0 Å². The van der Waals surface area contributed by atoms with Gasteiger partial charge in [0, 0.05) is 0 Å². The van der Waals surface area contributed by atoms with E-state index in [9.17, 15) is 4.79 Å². The zero-order chi connectivity index (χ0) is 5.98. The van der Waals surface area contributed by atoms with Crippen molar-refractivity contribution >= 4 is 18.6 Å². The van der Waals surface area contributed by atoms with Crippen molar-refractivity contribution < 1.29 is 14.3 Å². The van der Waals surface area contributed by atoms with Crippen molar-refractivity contribution in [1.82, 2.24) is 0 Å². The van der Waals surface area contributed by atoms with Crippen LogP contribution in [0.4, 0.5) is 0 Å². The molecule has 1 fully saturated rings. The summed E-state index contributed by atoms with van der Waals surface area (Å²) in [4.78, 5) is 10.4. The Morgan fingerprint density at radius 2 is 2.50 bits per heavy atom. The highest BCUT2D eigenvalue weighted by Gasteiger charge is 2.19. The van der Waals surface area contributed by atoms with E-state index < -0.39 is 0 Å². The summed E-state index contributed by atoms with van der Waals surface area (Å²) < 4.78 is 9.19. The van der Waals surface area contributed by atoms with E-state index in [4.69, 9.17) is 4.74 Å². The number of thiol groups is 1. The zero-order valence-electron chi connectivity index (χ0n) is 4.16. The topological polar surface area (TPSA) is 35.5 Å². The quantitative estimate of drug-likeness (QED) is 0.368. The number of rotatable bonds is 0. The fourth-order valence-corrected chi connectivity index (χ4v) is 0.604. The van der Waals surface area contributed by atoms with E-state index in [0.717, 1.165) is 0 Å². The summed E-state index contributed by atoms with van der Waals surface area (Å²) in [5, 5.41) is -0.385. The van der Waals surface area contributed by atoms with Gasteiger partial charge in [-0.1, -0.05) is 0 Å². The van der Waals surface area contributed by atoms with Gasteiger partial charge in [-0.05, 0) is 0 Å². The van der Waals surface area contributed by atoms with Gasteiger partial charge in [-0.15, -0.1) is 0 Å². The van der Waals surface area contributed by atoms with E-state index in [1.54, 1.807) is 0 Å². The standard InChI is InChI=1S/C4H6O3S/c5-4-3(8)1-6-2-7-4/h3,8H,1-2H2. The summed E-state index contributed by atoms with van der Waals surface area (Å²) in [6, 6.07) is 0. The second-order valence-electron chi connectivity index (χ2n) is 1.47. The molecule has 4 heteroatoms. The third-order valence-electron chi connectivity index (χ3n) is 0.832. The van der Waals surface area contributed by atoms with Gasteiger partial charge in [-0.2, -0.15) is 12.6 Å². The average Bonchev–Trinajstić information content (AvgIpc) is 1.77. The maximum Gasteiger partial charge on any atom is 0.323 e. The molecule has 1 heterocycles. The summed E-state index contributed by atoms with van der Waals surface area (Å²) in [6.07, 6.45) is 0. The first-order chi connectivity index (χ1) is 3.80. The van der Waals surface area contributed by atoms with E-state index in [2.05, 4.69) is 17.4 Å². The van der Waals surface area contributed by atoms with Crippen molar-refractivity contribution in [1.29, 1.82) is 0 Å². The molecule has 0 spiro atoms. The van der Waals surface area contributed by atoms with Crippen LogP contribution in [-0.4, -0.2) is 24.6 Å². The molecule has 0 aromatic rings. The van der Waals surface area contributed by atoms with Crippen molar-refractivity contribution in [2.75, 3.05) is 13.4 Å². The molecule has 1 atom stereocenters. The van der Waals surface area contributed by atoms with Crippen LogP contribution in [0.2, 0.25) is 0 Å². The number of hydrogen-bond donors (Lipinski definition) is 1. The van der Waals surface area contributed by atoms with Crippen molar-refractivity contribution in [2.45, 2.75) is 5.25 Å². The first kappa shape index (κ1) is 5.91. The fraction of sp³-hybridized carbons (Fsp3) is 0.750. The lowest BCUT2D eigenvalue weighted by atomic mass is 10.4. The third kappa shape index (κ3) is 1.14. The summed E-state index contributed by atoms with van der Waals surface area (Å²) in [7, 11) is 0. The van der Waals surface area contributed by atoms with E-state index in [0.29, 0.717) is 6.61 Å². The van der Waals surface area contributed by atoms with Crippen LogP contribution in [0.25, 0.3) is 0 Å². The number of esters is 1. The Hall–Kier alpha value is -0.220. The minimum atomic E-state index is -0.385. The predicted molar refractivity (Wildman–Crippen MR) is 29.7 cm³/mol. The number of ether oxygens (including phenoxy) is 2. The fourth-order valence-electron chi connectivity index (χ4n) is 0.424. The van der Waals surface area contributed by atoms with Crippen LogP contribution in [0, 0.1) is 0 Å². The minimum absolute atomic E-state index is 0.0793. The maximum atomic E-state index is 10.4. The molecule has 0 bridgehead atoms. The van der Waals surface area contributed by atoms with Crippen LogP contribution in [0.1, 0.15) is 0 Å². The molecular formula is C4H6O3S. The molecule has 0 radical (unpaired) electrons. The molecular weight excluding hydrogens is 128 g/mol. The van der Waals surface area contributed by atoms with Gasteiger partial charge < -0.3 is 9.47 Å². The van der Waals surface area contributed by atoms with Gasteiger partial charge in [0.1, 0.15) is 5.25 Å². The molecule has 0 aromatic carbocycles. The SMILES string of the molecule is O=C1OCOCC1S. The summed E-state index contributed by atoms with van der Waals surface area (Å²) >= 11 is 3.86. The van der Waals surface area contributed by atoms with Crippen LogP contribution in [0.3, 0.4) is 0 Å². The molecule has 1 rings (SSSR count). The van der Waals surface area contributed by atoms with Gasteiger partial charge in [-0.25, -0.2) is 0 Å². The third-order valence-corrected chi connectivity index (χ3v) is 1.19. The van der Waals surface area contributed by atoms with Gasteiger partial charge in [0.05, 0.1) is 6.61 Å². The molecule has 8 heavy (non-hydrogen) atoms. The zero-order valence-corrected chi connectivity index (χ0v) is 5.06. The Morgan fingerprint density at radius 3 is 2.88 bits per heavy atom. The second kappa shape index (κ2) is 2.37. The van der Waals surface area contributed by atoms with E-state index >= 15 is 0 Å². The van der Waals surface area contributed by atoms with Crippen LogP contribution < -0.4 is 0 Å². The lowest BCUT2D eigenvalue weighted by Gasteiger charge is -2.15. The lowest BCUT2D eigenvalue weighted by Crippen LogP contribution is -2.30. The van der Waals surface area contributed by atoms with Crippen molar-refractivity contribution in [3.05, 3.63) is 0 Å². The molecule has 0 aliphatic carbocycles. The molecule has 0 aromatic heterocycles. The molecule has 1 aliphatic rings. The first-order valence-corrected chi connectivity index (χ1v) is 2.75. The monoisotopic (exact) mass is 134 g/mol. The van der Waals surface area contributed by atoms with Gasteiger partial charge in [0.15, 0.2) is 6.79 Å². The number of carbonyl (C=O) groups is 1. The molecule has 46 valence electrons. The molecule has 1 saturated heterocycles. The molecule has 1 aliphatic heterocycles. The van der Waals surface area contributed by atoms with Gasteiger partial charge in [0.2, 0.25) is 0 Å². The average molecular weight is 134 g/mol. The van der Waals surface area contributed by atoms with Crippen LogP contribution in [0.5, 0.6) is 0 Å². The van der Waals surface area contributed by atoms with Crippen molar-refractivity contribution in [3.63, 3.8) is 0 Å². The van der Waals surface area contributed by atoms with E-state index in [1.165, 1.54) is 0 Å². The summed E-state index contributed by atoms with van der Waals surface area (Å²) in [5.41, 5.74) is 0. The Morgan fingerprint density at radius 1 is 1.75 bits per heavy atom. The van der Waals surface area contributed by atoms with E-state index in [1.807, 2.05) is 0 Å². The lowest BCUT2D eigenvalue weighted by molar-refractivity contribution is -0.167. The highest BCUT2D eigenvalue weighted by atomic mass is 32.1.